The second-order valence-electron chi connectivity index (χ2n) is 6.11. The van der Waals surface area contributed by atoms with Crippen LogP contribution in [0.3, 0.4) is 0 Å². The van der Waals surface area contributed by atoms with Gasteiger partial charge >= 0.3 is 6.03 Å². The van der Waals surface area contributed by atoms with E-state index in [0.717, 1.165) is 50.4 Å². The van der Waals surface area contributed by atoms with Crippen LogP contribution < -0.4 is 15.5 Å². The van der Waals surface area contributed by atoms with Gasteiger partial charge in [0.05, 0.1) is 6.20 Å². The lowest BCUT2D eigenvalue weighted by Crippen LogP contribution is -2.46. The zero-order valence-corrected chi connectivity index (χ0v) is 14.8. The average molecular weight is 343 g/mol. The van der Waals surface area contributed by atoms with Crippen molar-refractivity contribution in [1.29, 1.82) is 0 Å². The Labute approximate surface area is 147 Å². The molecule has 2 amide bonds. The molecule has 3 heterocycles. The zero-order chi connectivity index (χ0) is 17.6. The maximum Gasteiger partial charge on any atom is 0.320 e. The molecule has 0 aromatic carbocycles. The molecule has 1 fully saturated rings. The largest absolute Gasteiger partial charge is 0.356 e. The molecule has 8 heteroatoms. The third-order valence-corrected chi connectivity index (χ3v) is 4.48. The van der Waals surface area contributed by atoms with Crippen molar-refractivity contribution >= 4 is 17.7 Å². The number of anilines is 2. The fourth-order valence-corrected chi connectivity index (χ4v) is 3.03. The topological polar surface area (TPSA) is 88.0 Å². The van der Waals surface area contributed by atoms with Crippen molar-refractivity contribution in [2.75, 3.05) is 23.3 Å². The molecule has 0 spiro atoms. The summed E-state index contributed by atoms with van der Waals surface area (Å²) in [6, 6.07) is 3.84. The smallest absolute Gasteiger partial charge is 0.320 e. The Hall–Kier alpha value is -2.64. The number of aromatic nitrogens is 4. The molecule has 3 rings (SSSR count). The lowest BCUT2D eigenvalue weighted by Gasteiger charge is -2.33. The van der Waals surface area contributed by atoms with Gasteiger partial charge in [-0.05, 0) is 26.2 Å². The summed E-state index contributed by atoms with van der Waals surface area (Å²) in [6.07, 6.45) is 6.01. The molecule has 0 unspecified atom stereocenters. The van der Waals surface area contributed by atoms with Crippen molar-refractivity contribution < 1.29 is 4.79 Å². The zero-order valence-electron chi connectivity index (χ0n) is 14.8. The highest BCUT2D eigenvalue weighted by Gasteiger charge is 2.22. The number of carbonyl (C=O) groups is 1. The molecule has 2 aromatic heterocycles. The van der Waals surface area contributed by atoms with Crippen LogP contribution in [-0.4, -0.2) is 44.9 Å². The Balaban J connectivity index is 1.49. The van der Waals surface area contributed by atoms with Crippen molar-refractivity contribution in [2.45, 2.75) is 45.7 Å². The summed E-state index contributed by atoms with van der Waals surface area (Å²) >= 11 is 0. The van der Waals surface area contributed by atoms with Crippen molar-refractivity contribution in [3.63, 3.8) is 0 Å². The minimum absolute atomic E-state index is 0.168. The van der Waals surface area contributed by atoms with Crippen molar-refractivity contribution in [3.05, 3.63) is 30.4 Å². The lowest BCUT2D eigenvalue weighted by atomic mass is 10.1. The Morgan fingerprint density at radius 1 is 1.28 bits per heavy atom. The number of urea groups is 1. The van der Waals surface area contributed by atoms with Crippen LogP contribution in [0.15, 0.2) is 24.7 Å². The van der Waals surface area contributed by atoms with Gasteiger partial charge < -0.3 is 10.2 Å². The summed E-state index contributed by atoms with van der Waals surface area (Å²) in [7, 11) is 0. The van der Waals surface area contributed by atoms with Crippen LogP contribution in [0.4, 0.5) is 16.4 Å². The summed E-state index contributed by atoms with van der Waals surface area (Å²) in [5.74, 6) is 1.69. The quantitative estimate of drug-likeness (QED) is 0.867. The van der Waals surface area contributed by atoms with Gasteiger partial charge in [-0.1, -0.05) is 6.92 Å². The molecule has 0 bridgehead atoms. The van der Waals surface area contributed by atoms with Crippen LogP contribution in [0.1, 0.15) is 32.4 Å². The third kappa shape index (κ3) is 4.26. The summed E-state index contributed by atoms with van der Waals surface area (Å²) in [5, 5.41) is 10.1. The van der Waals surface area contributed by atoms with E-state index in [1.165, 1.54) is 0 Å². The van der Waals surface area contributed by atoms with Crippen LogP contribution in [0.25, 0.3) is 0 Å². The minimum atomic E-state index is -0.177. The van der Waals surface area contributed by atoms with E-state index in [1.54, 1.807) is 23.3 Å². The molecule has 0 atom stereocenters. The van der Waals surface area contributed by atoms with Crippen molar-refractivity contribution in [1.82, 2.24) is 25.1 Å². The van der Waals surface area contributed by atoms with E-state index in [1.807, 2.05) is 13.0 Å². The number of nitrogens with one attached hydrogen (secondary N) is 2. The highest BCUT2D eigenvalue weighted by Crippen LogP contribution is 2.18. The monoisotopic (exact) mass is 343 g/mol. The van der Waals surface area contributed by atoms with E-state index < -0.39 is 0 Å². The molecule has 8 nitrogen and oxygen atoms in total. The second kappa shape index (κ2) is 7.96. The highest BCUT2D eigenvalue weighted by atomic mass is 16.2. The molecule has 0 aliphatic carbocycles. The van der Waals surface area contributed by atoms with Gasteiger partial charge in [-0.15, -0.1) is 0 Å². The predicted molar refractivity (Wildman–Crippen MR) is 96.7 cm³/mol. The number of piperidine rings is 1. The summed E-state index contributed by atoms with van der Waals surface area (Å²) in [6.45, 7) is 6.55. The summed E-state index contributed by atoms with van der Waals surface area (Å²) in [5.41, 5.74) is 1.05. The molecule has 1 saturated heterocycles. The molecule has 2 aromatic rings. The van der Waals surface area contributed by atoms with Gasteiger partial charge in [-0.2, -0.15) is 5.10 Å². The number of nitrogens with zero attached hydrogens (tertiary/aromatic N) is 5. The molecule has 25 heavy (non-hydrogen) atoms. The molecule has 1 aliphatic rings. The Morgan fingerprint density at radius 2 is 2.08 bits per heavy atom. The maximum absolute atomic E-state index is 12.2. The van der Waals surface area contributed by atoms with Gasteiger partial charge in [0.2, 0.25) is 0 Å². The first kappa shape index (κ1) is 17.2. The van der Waals surface area contributed by atoms with Gasteiger partial charge in [0.25, 0.3) is 0 Å². The number of rotatable bonds is 5. The van der Waals surface area contributed by atoms with Gasteiger partial charge in [-0.3, -0.25) is 5.32 Å². The van der Waals surface area contributed by atoms with E-state index in [0.29, 0.717) is 5.82 Å². The van der Waals surface area contributed by atoms with Gasteiger partial charge in [-0.25, -0.2) is 19.4 Å². The first-order valence-electron chi connectivity index (χ1n) is 8.84. The van der Waals surface area contributed by atoms with E-state index >= 15 is 0 Å². The second-order valence-corrected chi connectivity index (χ2v) is 6.11. The van der Waals surface area contributed by atoms with E-state index in [4.69, 9.17) is 0 Å². The van der Waals surface area contributed by atoms with Crippen molar-refractivity contribution in [2.24, 2.45) is 0 Å². The van der Waals surface area contributed by atoms with Gasteiger partial charge in [0, 0.05) is 43.5 Å². The highest BCUT2D eigenvalue weighted by molar-refractivity contribution is 5.88. The first-order chi connectivity index (χ1) is 12.2. The van der Waals surface area contributed by atoms with Crippen LogP contribution in [0, 0.1) is 0 Å². The molecule has 134 valence electrons. The Bertz CT molecular complexity index is 707. The van der Waals surface area contributed by atoms with E-state index in [-0.39, 0.29) is 12.1 Å². The SMILES string of the molecule is CCc1cc(N2CCC(NC(=O)Nc3ccnn3CC)CC2)ncn1. The predicted octanol–water partition coefficient (Wildman–Crippen LogP) is 2.05. The Kier molecular flexibility index (Phi) is 5.47. The first-order valence-corrected chi connectivity index (χ1v) is 8.84. The van der Waals surface area contributed by atoms with E-state index in [9.17, 15) is 4.79 Å². The van der Waals surface area contributed by atoms with Crippen LogP contribution in [0.2, 0.25) is 0 Å². The molecular formula is C17H25N7O. The maximum atomic E-state index is 12.2. The molecule has 0 radical (unpaired) electrons. The lowest BCUT2D eigenvalue weighted by molar-refractivity contribution is 0.245. The number of amides is 2. The minimum Gasteiger partial charge on any atom is -0.356 e. The van der Waals surface area contributed by atoms with Gasteiger partial charge in [0.1, 0.15) is 18.0 Å². The number of hydrogen-bond donors (Lipinski definition) is 2. The van der Waals surface area contributed by atoms with Crippen molar-refractivity contribution in [3.8, 4) is 0 Å². The van der Waals surface area contributed by atoms with Gasteiger partial charge in [0.15, 0.2) is 0 Å². The summed E-state index contributed by atoms with van der Waals surface area (Å²) < 4.78 is 1.75. The number of carbonyl (C=O) groups excluding carboxylic acids is 1. The van der Waals surface area contributed by atoms with Crippen LogP contribution >= 0.6 is 0 Å². The fraction of sp³-hybridized carbons (Fsp3) is 0.529. The third-order valence-electron chi connectivity index (χ3n) is 4.48. The molecule has 0 saturated carbocycles. The molecule has 2 N–H and O–H groups in total. The molecule has 1 aliphatic heterocycles. The van der Waals surface area contributed by atoms with Crippen LogP contribution in [-0.2, 0) is 13.0 Å². The Morgan fingerprint density at radius 3 is 2.80 bits per heavy atom. The molecular weight excluding hydrogens is 318 g/mol. The fourth-order valence-electron chi connectivity index (χ4n) is 3.03. The number of hydrogen-bond acceptors (Lipinski definition) is 5. The summed E-state index contributed by atoms with van der Waals surface area (Å²) in [4.78, 5) is 23.1. The normalized spacial score (nSPS) is 15.2. The van der Waals surface area contributed by atoms with Crippen LogP contribution in [0.5, 0.6) is 0 Å². The average Bonchev–Trinajstić information content (AvgIpc) is 3.09. The van der Waals surface area contributed by atoms with E-state index in [2.05, 4.69) is 37.5 Å². The standard InChI is InChI=1S/C17H25N7O/c1-3-13-11-16(19-12-18-13)23-9-6-14(7-10-23)21-17(25)22-15-5-8-20-24(15)4-2/h5,8,11-12,14H,3-4,6-7,9-10H2,1-2H3,(H2,21,22,25). The number of aryl methyl sites for hydroxylation is 2.